The van der Waals surface area contributed by atoms with E-state index in [4.69, 9.17) is 9.51 Å². The van der Waals surface area contributed by atoms with Gasteiger partial charge in [-0.3, -0.25) is 9.89 Å². The molecule has 2 aromatic rings. The third-order valence-corrected chi connectivity index (χ3v) is 6.43. The normalized spacial score (nSPS) is 28.7. The van der Waals surface area contributed by atoms with Gasteiger partial charge < -0.3 is 9.42 Å². The van der Waals surface area contributed by atoms with Gasteiger partial charge in [0.25, 0.3) is 5.91 Å². The molecule has 1 aliphatic heterocycles. The minimum absolute atomic E-state index is 0.0283. The first-order chi connectivity index (χ1) is 12.8. The summed E-state index contributed by atoms with van der Waals surface area (Å²) < 4.78 is 5.36. The zero-order valence-electron chi connectivity index (χ0n) is 14.7. The Balaban J connectivity index is 1.23. The van der Waals surface area contributed by atoms with Crippen LogP contribution in [0.3, 0.4) is 0 Å². The van der Waals surface area contributed by atoms with Crippen LogP contribution in [0.4, 0.5) is 0 Å². The summed E-state index contributed by atoms with van der Waals surface area (Å²) in [5, 5.41) is 11.7. The summed E-state index contributed by atoms with van der Waals surface area (Å²) in [6.07, 6.45) is 7.25. The number of hydrogen-bond acceptors (Lipinski definition) is 5. The molecule has 0 spiro atoms. The summed E-state index contributed by atoms with van der Waals surface area (Å²) in [6, 6.07) is 1.85. The van der Waals surface area contributed by atoms with Crippen LogP contribution in [0.25, 0.3) is 0 Å². The molecule has 0 bridgehead atoms. The van der Waals surface area contributed by atoms with Crippen LogP contribution in [-0.2, 0) is 0 Å². The smallest absolute Gasteiger partial charge is 0.292 e. The van der Waals surface area contributed by atoms with E-state index < -0.39 is 0 Å². The van der Waals surface area contributed by atoms with E-state index in [1.165, 1.54) is 25.7 Å². The number of aromatic nitrogens is 4. The molecule has 7 heteroatoms. The van der Waals surface area contributed by atoms with E-state index in [-0.39, 0.29) is 11.8 Å². The predicted octanol–water partition coefficient (Wildman–Crippen LogP) is 2.81. The highest BCUT2D eigenvalue weighted by atomic mass is 16.5. The molecule has 2 aromatic heterocycles. The van der Waals surface area contributed by atoms with Crippen molar-refractivity contribution in [1.29, 1.82) is 0 Å². The molecule has 7 nitrogen and oxygen atoms in total. The first kappa shape index (κ1) is 14.9. The van der Waals surface area contributed by atoms with Crippen LogP contribution < -0.4 is 0 Å². The third kappa shape index (κ3) is 2.56. The molecular formula is C19H23N5O2. The molecule has 4 fully saturated rings. The van der Waals surface area contributed by atoms with Crippen molar-refractivity contribution in [1.82, 2.24) is 25.2 Å². The lowest BCUT2D eigenvalue weighted by molar-refractivity contribution is 0.0743. The largest absolute Gasteiger partial charge is 0.351 e. The molecule has 3 saturated carbocycles. The van der Waals surface area contributed by atoms with Crippen molar-refractivity contribution in [2.45, 2.75) is 56.3 Å². The van der Waals surface area contributed by atoms with Crippen LogP contribution in [-0.4, -0.2) is 44.2 Å². The maximum Gasteiger partial charge on any atom is 0.292 e. The monoisotopic (exact) mass is 353 g/mol. The minimum atomic E-state index is -0.0283. The zero-order valence-corrected chi connectivity index (χ0v) is 14.7. The van der Waals surface area contributed by atoms with Crippen molar-refractivity contribution in [3.8, 4) is 0 Å². The number of carbonyl (C=O) groups excluding carboxylic acids is 1. The molecule has 2 atom stereocenters. The van der Waals surface area contributed by atoms with Gasteiger partial charge in [0, 0.05) is 36.9 Å². The van der Waals surface area contributed by atoms with Gasteiger partial charge in [0.1, 0.15) is 5.82 Å². The van der Waals surface area contributed by atoms with Gasteiger partial charge in [0.2, 0.25) is 5.76 Å². The van der Waals surface area contributed by atoms with Crippen molar-refractivity contribution >= 4 is 5.91 Å². The first-order valence-electron chi connectivity index (χ1n) is 9.94. The Bertz CT molecular complexity index is 846. The average molecular weight is 353 g/mol. The highest BCUT2D eigenvalue weighted by Crippen LogP contribution is 2.48. The molecule has 0 unspecified atom stereocenters. The molecule has 0 aromatic carbocycles. The fraction of sp³-hybridized carbons (Fsp3) is 0.684. The topological polar surface area (TPSA) is 87.9 Å². The van der Waals surface area contributed by atoms with Crippen molar-refractivity contribution < 1.29 is 9.32 Å². The lowest BCUT2D eigenvalue weighted by Crippen LogP contribution is -2.28. The number of aromatic amines is 1. The number of amides is 1. The second-order valence-corrected chi connectivity index (χ2v) is 8.56. The molecule has 1 N–H and O–H groups in total. The quantitative estimate of drug-likeness (QED) is 0.893. The van der Waals surface area contributed by atoms with E-state index in [1.54, 1.807) is 0 Å². The second-order valence-electron chi connectivity index (χ2n) is 8.56. The molecule has 6 rings (SSSR count). The number of rotatable bonds is 5. The van der Waals surface area contributed by atoms with E-state index in [0.717, 1.165) is 36.7 Å². The molecule has 1 amide bonds. The van der Waals surface area contributed by atoms with Crippen LogP contribution in [0.2, 0.25) is 0 Å². The Morgan fingerprint density at radius 3 is 2.65 bits per heavy atom. The molecule has 4 aliphatic rings. The van der Waals surface area contributed by atoms with E-state index >= 15 is 0 Å². The highest BCUT2D eigenvalue weighted by Gasteiger charge is 2.46. The van der Waals surface area contributed by atoms with Gasteiger partial charge in [-0.15, -0.1) is 0 Å². The van der Waals surface area contributed by atoms with Crippen LogP contribution >= 0.6 is 0 Å². The Labute approximate surface area is 151 Å². The van der Waals surface area contributed by atoms with Crippen LogP contribution in [0.1, 0.15) is 84.2 Å². The van der Waals surface area contributed by atoms with Gasteiger partial charge in [0.15, 0.2) is 5.82 Å². The highest BCUT2D eigenvalue weighted by molar-refractivity contribution is 5.91. The SMILES string of the molecule is O=C(c1cc(C2CC2)no1)N1C[C@H](c2nc(C3CC3)n[nH]2)[C@@H](C2CC2)C1. The Morgan fingerprint density at radius 1 is 1.12 bits per heavy atom. The second kappa shape index (κ2) is 5.41. The van der Waals surface area contributed by atoms with Crippen LogP contribution in [0.5, 0.6) is 0 Å². The summed E-state index contributed by atoms with van der Waals surface area (Å²) >= 11 is 0. The van der Waals surface area contributed by atoms with E-state index in [0.29, 0.717) is 36.0 Å². The Hall–Kier alpha value is -2.18. The summed E-state index contributed by atoms with van der Waals surface area (Å²) in [4.78, 5) is 19.6. The predicted molar refractivity (Wildman–Crippen MR) is 91.7 cm³/mol. The molecular weight excluding hydrogens is 330 g/mol. The van der Waals surface area contributed by atoms with Crippen LogP contribution in [0.15, 0.2) is 10.6 Å². The lowest BCUT2D eigenvalue weighted by atomic mass is 9.91. The molecule has 0 radical (unpaired) electrons. The Kier molecular flexibility index (Phi) is 3.11. The summed E-state index contributed by atoms with van der Waals surface area (Å²) in [5.74, 6) is 4.79. The fourth-order valence-electron chi connectivity index (χ4n) is 4.38. The lowest BCUT2D eigenvalue weighted by Gasteiger charge is -2.14. The van der Waals surface area contributed by atoms with Crippen molar-refractivity contribution in [2.75, 3.05) is 13.1 Å². The first-order valence-corrected chi connectivity index (χ1v) is 9.94. The van der Waals surface area contributed by atoms with Gasteiger partial charge in [-0.1, -0.05) is 5.16 Å². The molecule has 3 heterocycles. The van der Waals surface area contributed by atoms with E-state index in [1.807, 2.05) is 11.0 Å². The number of carbonyl (C=O) groups is 1. The standard InChI is InChI=1S/C19H23N5O2/c25-19(16-7-15(23-26-16)11-3-4-11)24-8-13(10-1-2-10)14(9-24)18-20-17(21-22-18)12-5-6-12/h7,10-14H,1-6,8-9H2,(H,20,21,22)/t13-,14+/m1/s1. The molecule has 26 heavy (non-hydrogen) atoms. The Morgan fingerprint density at radius 2 is 1.92 bits per heavy atom. The van der Waals surface area contributed by atoms with Crippen molar-refractivity contribution in [3.05, 3.63) is 29.2 Å². The van der Waals surface area contributed by atoms with Crippen molar-refractivity contribution in [2.24, 2.45) is 11.8 Å². The maximum absolute atomic E-state index is 12.9. The fourth-order valence-corrected chi connectivity index (χ4v) is 4.38. The van der Waals surface area contributed by atoms with Gasteiger partial charge >= 0.3 is 0 Å². The summed E-state index contributed by atoms with van der Waals surface area (Å²) in [7, 11) is 0. The number of likely N-dealkylation sites (tertiary alicyclic amines) is 1. The van der Waals surface area contributed by atoms with Gasteiger partial charge in [-0.2, -0.15) is 5.10 Å². The maximum atomic E-state index is 12.9. The van der Waals surface area contributed by atoms with E-state index in [9.17, 15) is 4.79 Å². The molecule has 3 aliphatic carbocycles. The average Bonchev–Trinajstić information content (AvgIpc) is 3.62. The number of nitrogens with zero attached hydrogens (tertiary/aromatic N) is 4. The van der Waals surface area contributed by atoms with Crippen LogP contribution in [0, 0.1) is 11.8 Å². The summed E-state index contributed by atoms with van der Waals surface area (Å²) in [5.41, 5.74) is 0.937. The van der Waals surface area contributed by atoms with Gasteiger partial charge in [0.05, 0.1) is 5.69 Å². The van der Waals surface area contributed by atoms with E-state index in [2.05, 4.69) is 15.4 Å². The molecule has 1 saturated heterocycles. The number of hydrogen-bond donors (Lipinski definition) is 1. The minimum Gasteiger partial charge on any atom is -0.351 e. The zero-order chi connectivity index (χ0) is 17.3. The molecule has 136 valence electrons. The van der Waals surface area contributed by atoms with Crippen molar-refractivity contribution in [3.63, 3.8) is 0 Å². The summed E-state index contributed by atoms with van der Waals surface area (Å²) in [6.45, 7) is 1.48. The third-order valence-electron chi connectivity index (χ3n) is 6.43. The number of H-pyrrole nitrogens is 1. The van der Waals surface area contributed by atoms with Gasteiger partial charge in [-0.05, 0) is 50.4 Å². The number of nitrogens with one attached hydrogen (secondary N) is 1. The van der Waals surface area contributed by atoms with Gasteiger partial charge in [-0.25, -0.2) is 4.98 Å².